The highest BCUT2D eigenvalue weighted by atomic mass is 28.3. The van der Waals surface area contributed by atoms with E-state index in [9.17, 15) is 0 Å². The molecule has 142 valence electrons. The van der Waals surface area contributed by atoms with Gasteiger partial charge in [-0.25, -0.2) is 4.98 Å². The third-order valence-corrected chi connectivity index (χ3v) is 7.58. The zero-order valence-electron chi connectivity index (χ0n) is 16.9. The van der Waals surface area contributed by atoms with E-state index in [-0.39, 0.29) is 0 Å². The first kappa shape index (κ1) is 17.9. The molecule has 0 radical (unpaired) electrons. The molecule has 0 bridgehead atoms. The lowest BCUT2D eigenvalue weighted by Gasteiger charge is -2.17. The van der Waals surface area contributed by atoms with Gasteiger partial charge >= 0.3 is 0 Å². The summed E-state index contributed by atoms with van der Waals surface area (Å²) in [5.41, 5.74) is 5.21. The molecule has 29 heavy (non-hydrogen) atoms. The number of nitrogens with zero attached hydrogens (tertiary/aromatic N) is 1. The van der Waals surface area contributed by atoms with Crippen LogP contribution in [0.15, 0.2) is 89.3 Å². The number of para-hydroxylation sites is 2. The van der Waals surface area contributed by atoms with Gasteiger partial charge in [0.2, 0.25) is 5.89 Å². The van der Waals surface area contributed by atoms with E-state index in [4.69, 9.17) is 9.40 Å². The van der Waals surface area contributed by atoms with E-state index < -0.39 is 8.07 Å². The largest absolute Gasteiger partial charge is 0.436 e. The van der Waals surface area contributed by atoms with Crippen molar-refractivity contribution in [2.75, 3.05) is 0 Å². The molecule has 1 heterocycles. The molecule has 5 aromatic rings. The number of rotatable bonds is 3. The average Bonchev–Trinajstić information content (AvgIpc) is 3.16. The maximum atomic E-state index is 6.05. The fraction of sp³-hybridized carbons (Fsp3) is 0.115. The Morgan fingerprint density at radius 2 is 1.28 bits per heavy atom. The van der Waals surface area contributed by atoms with Gasteiger partial charge in [-0.2, -0.15) is 0 Å². The molecule has 0 spiro atoms. The number of oxazole rings is 1. The lowest BCUT2D eigenvalue weighted by Crippen LogP contribution is -2.37. The summed E-state index contributed by atoms with van der Waals surface area (Å²) in [4.78, 5) is 4.71. The number of hydrogen-bond donors (Lipinski definition) is 0. The Balaban J connectivity index is 1.67. The number of benzene rings is 4. The molecule has 0 aliphatic heterocycles. The van der Waals surface area contributed by atoms with Gasteiger partial charge in [0.25, 0.3) is 0 Å². The molecule has 0 aliphatic carbocycles. The first-order chi connectivity index (χ1) is 14.0. The summed E-state index contributed by atoms with van der Waals surface area (Å²) in [5.74, 6) is 0.669. The molecule has 0 saturated heterocycles. The van der Waals surface area contributed by atoms with Crippen LogP contribution in [0, 0.1) is 0 Å². The third-order valence-electron chi connectivity index (χ3n) is 5.51. The minimum absolute atomic E-state index is 0.669. The number of aromatic nitrogens is 1. The van der Waals surface area contributed by atoms with Gasteiger partial charge in [0.05, 0.1) is 8.07 Å². The molecule has 0 N–H and O–H groups in total. The number of fused-ring (bicyclic) bond motifs is 2. The van der Waals surface area contributed by atoms with Gasteiger partial charge in [0.1, 0.15) is 5.52 Å². The van der Waals surface area contributed by atoms with Gasteiger partial charge in [-0.1, -0.05) is 91.6 Å². The van der Waals surface area contributed by atoms with Gasteiger partial charge in [-0.05, 0) is 40.1 Å². The van der Waals surface area contributed by atoms with E-state index in [1.54, 1.807) is 0 Å². The van der Waals surface area contributed by atoms with Crippen LogP contribution in [-0.4, -0.2) is 13.1 Å². The molecule has 2 nitrogen and oxygen atoms in total. The van der Waals surface area contributed by atoms with Crippen LogP contribution in [0.3, 0.4) is 0 Å². The lowest BCUT2D eigenvalue weighted by atomic mass is 9.95. The molecule has 5 rings (SSSR count). The fourth-order valence-electron chi connectivity index (χ4n) is 3.87. The van der Waals surface area contributed by atoms with Gasteiger partial charge in [-0.3, -0.25) is 0 Å². The Kier molecular flexibility index (Phi) is 4.14. The van der Waals surface area contributed by atoms with Crippen molar-refractivity contribution in [3.63, 3.8) is 0 Å². The molecule has 4 aromatic carbocycles. The highest BCUT2D eigenvalue weighted by Crippen LogP contribution is 2.36. The van der Waals surface area contributed by atoms with Crippen molar-refractivity contribution in [1.29, 1.82) is 0 Å². The second-order valence-electron chi connectivity index (χ2n) is 8.52. The predicted molar refractivity (Wildman–Crippen MR) is 125 cm³/mol. The van der Waals surface area contributed by atoms with Crippen molar-refractivity contribution in [2.24, 2.45) is 0 Å². The van der Waals surface area contributed by atoms with E-state index in [1.807, 2.05) is 24.3 Å². The zero-order chi connectivity index (χ0) is 20.0. The Labute approximate surface area is 171 Å². The summed E-state index contributed by atoms with van der Waals surface area (Å²) in [7, 11) is -1.30. The second-order valence-corrected chi connectivity index (χ2v) is 13.6. The average molecular weight is 394 g/mol. The Morgan fingerprint density at radius 3 is 1.97 bits per heavy atom. The summed E-state index contributed by atoms with van der Waals surface area (Å²) in [6.07, 6.45) is 0. The Bertz CT molecular complexity index is 1290. The Morgan fingerprint density at radius 1 is 0.655 bits per heavy atom. The smallest absolute Gasteiger partial charge is 0.227 e. The van der Waals surface area contributed by atoms with Gasteiger partial charge in [0, 0.05) is 5.56 Å². The monoisotopic (exact) mass is 393 g/mol. The van der Waals surface area contributed by atoms with Crippen LogP contribution >= 0.6 is 0 Å². The van der Waals surface area contributed by atoms with Crippen molar-refractivity contribution in [3.8, 4) is 22.6 Å². The van der Waals surface area contributed by atoms with Crippen LogP contribution in [0.1, 0.15) is 0 Å². The van der Waals surface area contributed by atoms with Gasteiger partial charge in [0.15, 0.2) is 5.58 Å². The molecular formula is C26H23NOSi. The van der Waals surface area contributed by atoms with E-state index in [0.717, 1.165) is 22.0 Å². The van der Waals surface area contributed by atoms with E-state index >= 15 is 0 Å². The summed E-state index contributed by atoms with van der Waals surface area (Å²) in [6.45, 7) is 7.14. The summed E-state index contributed by atoms with van der Waals surface area (Å²) in [5, 5.41) is 3.85. The number of hydrogen-bond acceptors (Lipinski definition) is 2. The molecule has 0 fully saturated rings. The normalized spacial score (nSPS) is 12.0. The zero-order valence-corrected chi connectivity index (χ0v) is 17.9. The second kappa shape index (κ2) is 6.71. The minimum Gasteiger partial charge on any atom is -0.436 e. The van der Waals surface area contributed by atoms with Crippen molar-refractivity contribution >= 4 is 35.1 Å². The van der Waals surface area contributed by atoms with Crippen molar-refractivity contribution < 1.29 is 4.42 Å². The van der Waals surface area contributed by atoms with Crippen LogP contribution < -0.4 is 5.19 Å². The van der Waals surface area contributed by atoms with Gasteiger partial charge in [-0.15, -0.1) is 0 Å². The molecule has 3 heteroatoms. The van der Waals surface area contributed by atoms with E-state index in [0.29, 0.717) is 5.89 Å². The third kappa shape index (κ3) is 3.18. The molecular weight excluding hydrogens is 370 g/mol. The van der Waals surface area contributed by atoms with Crippen molar-refractivity contribution in [3.05, 3.63) is 84.9 Å². The van der Waals surface area contributed by atoms with Crippen LogP contribution in [0.2, 0.25) is 19.6 Å². The summed E-state index contributed by atoms with van der Waals surface area (Å²) >= 11 is 0. The topological polar surface area (TPSA) is 26.0 Å². The lowest BCUT2D eigenvalue weighted by molar-refractivity contribution is 0.620. The summed E-state index contributed by atoms with van der Waals surface area (Å²) in [6, 6.07) is 29.8. The molecule has 0 amide bonds. The highest BCUT2D eigenvalue weighted by Gasteiger charge is 2.17. The fourth-order valence-corrected chi connectivity index (χ4v) is 5.04. The van der Waals surface area contributed by atoms with Crippen LogP contribution in [-0.2, 0) is 0 Å². The molecule has 0 unspecified atom stereocenters. The van der Waals surface area contributed by atoms with Crippen LogP contribution in [0.25, 0.3) is 44.5 Å². The van der Waals surface area contributed by atoms with Crippen LogP contribution in [0.4, 0.5) is 0 Å². The van der Waals surface area contributed by atoms with E-state index in [2.05, 4.69) is 80.3 Å². The van der Waals surface area contributed by atoms with Crippen molar-refractivity contribution in [2.45, 2.75) is 19.6 Å². The molecule has 0 aliphatic rings. The van der Waals surface area contributed by atoms with Crippen molar-refractivity contribution in [1.82, 2.24) is 4.98 Å². The Hall–Kier alpha value is -3.17. The van der Waals surface area contributed by atoms with E-state index in [1.165, 1.54) is 21.7 Å². The first-order valence-electron chi connectivity index (χ1n) is 9.99. The maximum Gasteiger partial charge on any atom is 0.227 e. The van der Waals surface area contributed by atoms with Crippen LogP contribution in [0.5, 0.6) is 0 Å². The minimum atomic E-state index is -1.30. The molecule has 0 saturated carbocycles. The highest BCUT2D eigenvalue weighted by molar-refractivity contribution is 6.88. The predicted octanol–water partition coefficient (Wildman–Crippen LogP) is 6.86. The summed E-state index contributed by atoms with van der Waals surface area (Å²) < 4.78 is 6.05. The maximum absolute atomic E-state index is 6.05. The first-order valence-corrected chi connectivity index (χ1v) is 13.5. The standard InChI is InChI=1S/C26H23NOSi/c1-29(2,3)19-14-12-18(13-15-19)20-16-17-23(22-9-5-4-8-21(20)22)26-27-24-10-6-7-11-25(24)28-26/h4-17H,1-3H3. The molecule has 1 aromatic heterocycles. The quantitative estimate of drug-likeness (QED) is 0.313. The molecule has 0 atom stereocenters. The SMILES string of the molecule is C[Si](C)(C)c1ccc(-c2ccc(-c3nc4ccccc4o3)c3ccccc23)cc1. The van der Waals surface area contributed by atoms with Gasteiger partial charge < -0.3 is 4.42 Å².